The zero-order chi connectivity index (χ0) is 19.6. The van der Waals surface area contributed by atoms with Crippen LogP contribution < -0.4 is 5.32 Å². The molecule has 1 aromatic carbocycles. The Morgan fingerprint density at radius 2 is 1.85 bits per heavy atom. The molecule has 0 amide bonds. The minimum absolute atomic E-state index is 0.469. The molecule has 2 N–H and O–H groups in total. The zero-order valence-corrected chi connectivity index (χ0v) is 17.0. The van der Waals surface area contributed by atoms with Crippen LogP contribution >= 0.6 is 0 Å². The number of nitrogens with one attached hydrogen (secondary N) is 1. The Morgan fingerprint density at radius 3 is 2.52 bits per heavy atom. The lowest BCUT2D eigenvalue weighted by Gasteiger charge is -2.29. The lowest BCUT2D eigenvalue weighted by molar-refractivity contribution is 0.0694. The second-order valence-electron chi connectivity index (χ2n) is 8.09. The second-order valence-corrected chi connectivity index (χ2v) is 8.09. The van der Waals surface area contributed by atoms with Crippen LogP contribution in [0.25, 0.3) is 0 Å². The van der Waals surface area contributed by atoms with Gasteiger partial charge in [0.1, 0.15) is 0 Å². The summed E-state index contributed by atoms with van der Waals surface area (Å²) in [5, 5.41) is 13.5. The first kappa shape index (κ1) is 19.7. The maximum absolute atomic E-state index is 12.0. The summed E-state index contributed by atoms with van der Waals surface area (Å²) in [6.07, 6.45) is 5.02. The maximum Gasteiger partial charge on any atom is 0.337 e. The Labute approximate surface area is 162 Å². The quantitative estimate of drug-likeness (QED) is 0.768. The summed E-state index contributed by atoms with van der Waals surface area (Å²) in [7, 11) is 0. The fourth-order valence-electron chi connectivity index (χ4n) is 4.50. The molecule has 146 valence electrons. The van der Waals surface area contributed by atoms with E-state index in [2.05, 4.69) is 42.8 Å². The summed E-state index contributed by atoms with van der Waals surface area (Å²) in [5.74, 6) is -0.171. The minimum atomic E-state index is -0.826. The molecule has 1 aromatic heterocycles. The normalized spacial score (nSPS) is 20.0. The molecule has 0 radical (unpaired) electrons. The molecule has 2 aromatic rings. The summed E-state index contributed by atoms with van der Waals surface area (Å²) in [5.41, 5.74) is 5.78. The largest absolute Gasteiger partial charge is 0.478 e. The van der Waals surface area contributed by atoms with Gasteiger partial charge in [-0.05, 0) is 50.7 Å². The fourth-order valence-corrected chi connectivity index (χ4v) is 4.50. The molecule has 3 rings (SSSR count). The number of nitrogens with zero attached hydrogens (tertiary/aromatic N) is 1. The monoisotopic (exact) mass is 368 g/mol. The number of hydrogen-bond donors (Lipinski definition) is 2. The summed E-state index contributed by atoms with van der Waals surface area (Å²) in [6.45, 7) is 9.74. The van der Waals surface area contributed by atoms with Gasteiger partial charge in [-0.2, -0.15) is 0 Å². The molecule has 1 aliphatic carbocycles. The van der Waals surface area contributed by atoms with E-state index in [1.807, 2.05) is 19.1 Å². The van der Waals surface area contributed by atoms with Crippen molar-refractivity contribution in [3.63, 3.8) is 0 Å². The third kappa shape index (κ3) is 4.11. The number of carboxylic acid groups (broad SMARTS) is 1. The lowest BCUT2D eigenvalue weighted by atomic mass is 9.86. The fraction of sp³-hybridized carbons (Fsp3) is 0.522. The third-order valence-electron chi connectivity index (χ3n) is 6.37. The molecule has 1 aliphatic rings. The molecule has 1 heterocycles. The summed E-state index contributed by atoms with van der Waals surface area (Å²) in [4.78, 5) is 12.0. The number of aromatic nitrogens is 1. The highest BCUT2D eigenvalue weighted by Crippen LogP contribution is 2.27. The number of benzene rings is 1. The maximum atomic E-state index is 12.0. The summed E-state index contributed by atoms with van der Waals surface area (Å²) in [6, 6.07) is 8.80. The van der Waals surface area contributed by atoms with Crippen molar-refractivity contribution in [1.82, 2.24) is 9.88 Å². The highest BCUT2D eigenvalue weighted by Gasteiger charge is 2.25. The lowest BCUT2D eigenvalue weighted by Crippen LogP contribution is -2.37. The van der Waals surface area contributed by atoms with E-state index in [9.17, 15) is 9.90 Å². The van der Waals surface area contributed by atoms with E-state index in [-0.39, 0.29) is 0 Å². The highest BCUT2D eigenvalue weighted by molar-refractivity contribution is 5.91. The average molecular weight is 369 g/mol. The van der Waals surface area contributed by atoms with Crippen molar-refractivity contribution in [2.75, 3.05) is 0 Å². The SMILES string of the molecule is Cc1ccccc1Cn1c(C)c(CN[C@@H]2CCCC[C@H]2C)c(C(=O)O)c1C. The molecule has 0 aliphatic heterocycles. The standard InChI is InChI=1S/C23H32N2O2/c1-15-9-5-7-11-19(15)14-25-17(3)20(22(18(25)4)23(26)27)13-24-21-12-8-6-10-16(21)2/h5,7,9,11,16,21,24H,6,8,10,12-14H2,1-4H3,(H,26,27)/t16-,21-/m1/s1. The molecule has 2 atom stereocenters. The Hall–Kier alpha value is -2.07. The average Bonchev–Trinajstić information content (AvgIpc) is 2.87. The second kappa shape index (κ2) is 8.30. The van der Waals surface area contributed by atoms with E-state index in [1.165, 1.54) is 36.8 Å². The van der Waals surface area contributed by atoms with Crippen molar-refractivity contribution in [2.24, 2.45) is 5.92 Å². The van der Waals surface area contributed by atoms with Gasteiger partial charge in [0.2, 0.25) is 0 Å². The number of carbonyl (C=O) groups is 1. The van der Waals surface area contributed by atoms with Gasteiger partial charge in [-0.3, -0.25) is 0 Å². The van der Waals surface area contributed by atoms with Crippen LogP contribution in [0.3, 0.4) is 0 Å². The van der Waals surface area contributed by atoms with Crippen molar-refractivity contribution in [1.29, 1.82) is 0 Å². The molecule has 27 heavy (non-hydrogen) atoms. The molecule has 4 heteroatoms. The van der Waals surface area contributed by atoms with Crippen LogP contribution in [0.1, 0.15) is 71.0 Å². The number of rotatable bonds is 6. The van der Waals surface area contributed by atoms with E-state index in [4.69, 9.17) is 0 Å². The molecule has 1 fully saturated rings. The van der Waals surface area contributed by atoms with Crippen LogP contribution in [-0.4, -0.2) is 21.7 Å². The highest BCUT2D eigenvalue weighted by atomic mass is 16.4. The number of aryl methyl sites for hydroxylation is 1. The number of hydrogen-bond acceptors (Lipinski definition) is 2. The van der Waals surface area contributed by atoms with Crippen LogP contribution in [0.5, 0.6) is 0 Å². The predicted molar refractivity (Wildman–Crippen MR) is 109 cm³/mol. The first-order valence-electron chi connectivity index (χ1n) is 10.1. The number of aromatic carboxylic acids is 1. The Balaban J connectivity index is 1.89. The van der Waals surface area contributed by atoms with E-state index in [1.54, 1.807) is 0 Å². The minimum Gasteiger partial charge on any atom is -0.478 e. The van der Waals surface area contributed by atoms with Crippen molar-refractivity contribution in [3.05, 3.63) is 57.9 Å². The molecule has 0 unspecified atom stereocenters. The van der Waals surface area contributed by atoms with Gasteiger partial charge in [0, 0.05) is 36.1 Å². The Bertz CT molecular complexity index is 822. The van der Waals surface area contributed by atoms with E-state index in [0.29, 0.717) is 30.6 Å². The van der Waals surface area contributed by atoms with Gasteiger partial charge < -0.3 is 15.0 Å². The summed E-state index contributed by atoms with van der Waals surface area (Å²) >= 11 is 0. The first-order chi connectivity index (χ1) is 12.9. The molecular formula is C23H32N2O2. The Kier molecular flexibility index (Phi) is 6.05. The van der Waals surface area contributed by atoms with Gasteiger partial charge in [0.25, 0.3) is 0 Å². The van der Waals surface area contributed by atoms with Crippen molar-refractivity contribution in [2.45, 2.75) is 72.5 Å². The van der Waals surface area contributed by atoms with Gasteiger partial charge in [0.05, 0.1) is 5.56 Å². The number of carboxylic acids is 1. The van der Waals surface area contributed by atoms with Gasteiger partial charge in [-0.25, -0.2) is 4.79 Å². The third-order valence-corrected chi connectivity index (χ3v) is 6.37. The summed E-state index contributed by atoms with van der Waals surface area (Å²) < 4.78 is 2.16. The van der Waals surface area contributed by atoms with Crippen molar-refractivity contribution >= 4 is 5.97 Å². The van der Waals surface area contributed by atoms with Gasteiger partial charge in [0.15, 0.2) is 0 Å². The van der Waals surface area contributed by atoms with Crippen molar-refractivity contribution < 1.29 is 9.90 Å². The molecular weight excluding hydrogens is 336 g/mol. The van der Waals surface area contributed by atoms with E-state index >= 15 is 0 Å². The van der Waals surface area contributed by atoms with Gasteiger partial charge in [-0.1, -0.05) is 44.0 Å². The molecule has 0 bridgehead atoms. The van der Waals surface area contributed by atoms with Crippen LogP contribution in [0.2, 0.25) is 0 Å². The Morgan fingerprint density at radius 1 is 1.15 bits per heavy atom. The van der Waals surface area contributed by atoms with Gasteiger partial charge >= 0.3 is 5.97 Å². The van der Waals surface area contributed by atoms with E-state index in [0.717, 1.165) is 17.0 Å². The predicted octanol–water partition coefficient (Wildman–Crippen LogP) is 4.83. The van der Waals surface area contributed by atoms with Gasteiger partial charge in [-0.15, -0.1) is 0 Å². The van der Waals surface area contributed by atoms with Crippen molar-refractivity contribution in [3.8, 4) is 0 Å². The van der Waals surface area contributed by atoms with Crippen LogP contribution in [-0.2, 0) is 13.1 Å². The van der Waals surface area contributed by atoms with Crippen LogP contribution in [0.4, 0.5) is 0 Å². The molecule has 1 saturated carbocycles. The smallest absolute Gasteiger partial charge is 0.337 e. The topological polar surface area (TPSA) is 54.3 Å². The van der Waals surface area contributed by atoms with Crippen LogP contribution in [0.15, 0.2) is 24.3 Å². The molecule has 0 spiro atoms. The molecule has 4 nitrogen and oxygen atoms in total. The first-order valence-corrected chi connectivity index (χ1v) is 10.1. The zero-order valence-electron chi connectivity index (χ0n) is 17.0. The molecule has 0 saturated heterocycles. The van der Waals surface area contributed by atoms with E-state index < -0.39 is 5.97 Å². The van der Waals surface area contributed by atoms with Crippen LogP contribution in [0, 0.1) is 26.7 Å².